The molecule has 1 N–H and O–H groups in total. The topological polar surface area (TPSA) is 12.0 Å². The zero-order valence-electron chi connectivity index (χ0n) is 9.51. The van der Waals surface area contributed by atoms with E-state index in [-0.39, 0.29) is 5.82 Å². The maximum atomic E-state index is 13.1. The van der Waals surface area contributed by atoms with Crippen LogP contribution in [0.5, 0.6) is 0 Å². The second-order valence-electron chi connectivity index (χ2n) is 5.10. The quantitative estimate of drug-likeness (QED) is 0.761. The third-order valence-electron chi connectivity index (χ3n) is 4.07. The molecule has 0 saturated heterocycles. The Labute approximate surface area is 96.1 Å². The molecule has 1 unspecified atom stereocenters. The van der Waals surface area contributed by atoms with Crippen LogP contribution in [0.2, 0.25) is 0 Å². The summed E-state index contributed by atoms with van der Waals surface area (Å²) in [6.07, 6.45) is 6.77. The second-order valence-corrected chi connectivity index (χ2v) is 5.10. The lowest BCUT2D eigenvalue weighted by Crippen LogP contribution is -2.23. The highest BCUT2D eigenvalue weighted by Crippen LogP contribution is 2.38. The van der Waals surface area contributed by atoms with Gasteiger partial charge >= 0.3 is 0 Å². The molecule has 1 aliphatic heterocycles. The first-order chi connectivity index (χ1) is 7.84. The Bertz CT molecular complexity index is 382. The molecule has 1 aromatic carbocycles. The fourth-order valence-corrected chi connectivity index (χ4v) is 3.25. The van der Waals surface area contributed by atoms with Crippen LogP contribution >= 0.6 is 0 Å². The van der Waals surface area contributed by atoms with Gasteiger partial charge in [-0.3, -0.25) is 0 Å². The maximum absolute atomic E-state index is 13.1. The summed E-state index contributed by atoms with van der Waals surface area (Å²) in [5, 5.41) is 3.55. The molecule has 1 aliphatic carbocycles. The predicted molar refractivity (Wildman–Crippen MR) is 62.6 cm³/mol. The maximum Gasteiger partial charge on any atom is 0.123 e. The highest BCUT2D eigenvalue weighted by atomic mass is 19.1. The van der Waals surface area contributed by atoms with Gasteiger partial charge in [0.15, 0.2) is 0 Å². The molecule has 0 radical (unpaired) electrons. The summed E-state index contributed by atoms with van der Waals surface area (Å²) in [6, 6.07) is 5.74. The average Bonchev–Trinajstić information content (AvgIpc) is 2.73. The number of hydrogen-bond acceptors (Lipinski definition) is 1. The number of nitrogens with one attached hydrogen (secondary N) is 1. The molecule has 0 bridgehead atoms. The predicted octanol–water partition coefficient (Wildman–Crippen LogP) is 3.55. The first kappa shape index (κ1) is 10.3. The molecule has 1 atom stereocenters. The van der Waals surface area contributed by atoms with Crippen molar-refractivity contribution in [2.75, 3.05) is 0 Å². The summed E-state index contributed by atoms with van der Waals surface area (Å²) >= 11 is 0. The molecule has 2 heteroatoms. The van der Waals surface area contributed by atoms with Crippen LogP contribution in [0.1, 0.15) is 49.3 Å². The molecule has 3 rings (SSSR count). The van der Waals surface area contributed by atoms with Crippen molar-refractivity contribution >= 4 is 0 Å². The Morgan fingerprint density at radius 3 is 2.75 bits per heavy atom. The van der Waals surface area contributed by atoms with Gasteiger partial charge in [0.2, 0.25) is 0 Å². The largest absolute Gasteiger partial charge is 0.306 e. The molecule has 1 heterocycles. The second kappa shape index (κ2) is 4.17. The Balaban J connectivity index is 1.84. The monoisotopic (exact) mass is 219 g/mol. The zero-order valence-corrected chi connectivity index (χ0v) is 9.51. The van der Waals surface area contributed by atoms with Gasteiger partial charge in [0.25, 0.3) is 0 Å². The summed E-state index contributed by atoms with van der Waals surface area (Å²) in [4.78, 5) is 0. The van der Waals surface area contributed by atoms with Crippen LogP contribution in [0.15, 0.2) is 18.2 Å². The summed E-state index contributed by atoms with van der Waals surface area (Å²) < 4.78 is 13.1. The number of halogens is 1. The van der Waals surface area contributed by atoms with Crippen molar-refractivity contribution in [2.45, 2.75) is 44.7 Å². The van der Waals surface area contributed by atoms with Crippen molar-refractivity contribution in [1.82, 2.24) is 5.32 Å². The van der Waals surface area contributed by atoms with Crippen LogP contribution in [0.3, 0.4) is 0 Å². The van der Waals surface area contributed by atoms with Gasteiger partial charge in [-0.1, -0.05) is 25.3 Å². The minimum atomic E-state index is -0.107. The highest BCUT2D eigenvalue weighted by Gasteiger charge is 2.30. The smallest absolute Gasteiger partial charge is 0.123 e. The van der Waals surface area contributed by atoms with E-state index in [0.29, 0.717) is 6.04 Å². The highest BCUT2D eigenvalue weighted by molar-refractivity contribution is 5.34. The van der Waals surface area contributed by atoms with Gasteiger partial charge < -0.3 is 5.32 Å². The Hall–Kier alpha value is -0.890. The third-order valence-corrected chi connectivity index (χ3v) is 4.07. The van der Waals surface area contributed by atoms with Gasteiger partial charge in [-0.25, -0.2) is 4.39 Å². The first-order valence-corrected chi connectivity index (χ1v) is 6.36. The fraction of sp³-hybridized carbons (Fsp3) is 0.571. The number of benzene rings is 1. The van der Waals surface area contributed by atoms with Crippen molar-refractivity contribution in [2.24, 2.45) is 5.92 Å². The molecule has 1 aromatic rings. The fourth-order valence-electron chi connectivity index (χ4n) is 3.25. The van der Waals surface area contributed by atoms with E-state index >= 15 is 0 Å². The molecule has 2 aliphatic rings. The Morgan fingerprint density at radius 2 is 1.94 bits per heavy atom. The van der Waals surface area contributed by atoms with Crippen LogP contribution in [0.25, 0.3) is 0 Å². The molecule has 16 heavy (non-hydrogen) atoms. The molecular weight excluding hydrogens is 201 g/mol. The molecule has 1 nitrogen and oxygen atoms in total. The lowest BCUT2D eigenvalue weighted by atomic mass is 9.81. The molecule has 0 aromatic heterocycles. The Morgan fingerprint density at radius 1 is 1.12 bits per heavy atom. The van der Waals surface area contributed by atoms with Gasteiger partial charge in [-0.15, -0.1) is 0 Å². The SMILES string of the molecule is Fc1ccc2c(c1)CNC2C1CCCCC1. The molecule has 1 fully saturated rings. The minimum Gasteiger partial charge on any atom is -0.306 e. The molecular formula is C14H18FN. The molecule has 86 valence electrons. The summed E-state index contributed by atoms with van der Waals surface area (Å²) in [5.41, 5.74) is 2.50. The normalized spacial score (nSPS) is 25.7. The van der Waals surface area contributed by atoms with Crippen LogP contribution in [0, 0.1) is 11.7 Å². The first-order valence-electron chi connectivity index (χ1n) is 6.36. The molecule has 1 saturated carbocycles. The summed E-state index contributed by atoms with van der Waals surface area (Å²) in [5.74, 6) is 0.658. The zero-order chi connectivity index (χ0) is 11.0. The van der Waals surface area contributed by atoms with E-state index in [1.807, 2.05) is 6.07 Å². The van der Waals surface area contributed by atoms with Crippen molar-refractivity contribution in [3.05, 3.63) is 35.1 Å². The lowest BCUT2D eigenvalue weighted by Gasteiger charge is -2.28. The summed E-state index contributed by atoms with van der Waals surface area (Å²) in [6.45, 7) is 0.842. The number of fused-ring (bicyclic) bond motifs is 1. The van der Waals surface area contributed by atoms with Gasteiger partial charge in [0.1, 0.15) is 5.82 Å². The standard InChI is InChI=1S/C14H18FN/c15-12-6-7-13-11(8-12)9-16-14(13)10-4-2-1-3-5-10/h6-8,10,14,16H,1-5,9H2. The van der Waals surface area contributed by atoms with Crippen LogP contribution in [-0.2, 0) is 6.54 Å². The van der Waals surface area contributed by atoms with Gasteiger partial charge in [0.05, 0.1) is 0 Å². The van der Waals surface area contributed by atoms with E-state index in [2.05, 4.69) is 5.32 Å². The lowest BCUT2D eigenvalue weighted by molar-refractivity contribution is 0.282. The van der Waals surface area contributed by atoms with Crippen LogP contribution < -0.4 is 5.32 Å². The van der Waals surface area contributed by atoms with E-state index in [9.17, 15) is 4.39 Å². The van der Waals surface area contributed by atoms with E-state index in [1.165, 1.54) is 37.7 Å². The van der Waals surface area contributed by atoms with Crippen molar-refractivity contribution in [3.63, 3.8) is 0 Å². The van der Waals surface area contributed by atoms with E-state index < -0.39 is 0 Å². The molecule has 0 amide bonds. The average molecular weight is 219 g/mol. The Kier molecular flexibility index (Phi) is 2.68. The number of hydrogen-bond donors (Lipinski definition) is 1. The van der Waals surface area contributed by atoms with Crippen molar-refractivity contribution in [1.29, 1.82) is 0 Å². The van der Waals surface area contributed by atoms with Gasteiger partial charge in [0, 0.05) is 12.6 Å². The third kappa shape index (κ3) is 1.75. The van der Waals surface area contributed by atoms with Crippen LogP contribution in [0.4, 0.5) is 4.39 Å². The van der Waals surface area contributed by atoms with E-state index in [0.717, 1.165) is 18.0 Å². The van der Waals surface area contributed by atoms with Gasteiger partial charge in [-0.05, 0) is 42.0 Å². The van der Waals surface area contributed by atoms with Crippen LogP contribution in [-0.4, -0.2) is 0 Å². The van der Waals surface area contributed by atoms with Gasteiger partial charge in [-0.2, -0.15) is 0 Å². The van der Waals surface area contributed by atoms with E-state index in [1.54, 1.807) is 12.1 Å². The molecule has 0 spiro atoms. The van der Waals surface area contributed by atoms with E-state index in [4.69, 9.17) is 0 Å². The summed E-state index contributed by atoms with van der Waals surface area (Å²) in [7, 11) is 0. The van der Waals surface area contributed by atoms with Crippen molar-refractivity contribution in [3.8, 4) is 0 Å². The van der Waals surface area contributed by atoms with Crippen molar-refractivity contribution < 1.29 is 4.39 Å². The minimum absolute atomic E-state index is 0.107. The number of rotatable bonds is 1.